The van der Waals surface area contributed by atoms with Crippen LogP contribution >= 0.6 is 0 Å². The maximum absolute atomic E-state index is 5.35. The Bertz CT molecular complexity index is 638. The first-order valence-electron chi connectivity index (χ1n) is 8.33. The van der Waals surface area contributed by atoms with E-state index in [4.69, 9.17) is 4.74 Å². The second-order valence-corrected chi connectivity index (χ2v) is 6.16. The second-order valence-electron chi connectivity index (χ2n) is 6.16. The average molecular weight is 327 g/mol. The lowest BCUT2D eigenvalue weighted by molar-refractivity contribution is 0.122. The van der Waals surface area contributed by atoms with Crippen LogP contribution in [0.1, 0.15) is 11.1 Å². The summed E-state index contributed by atoms with van der Waals surface area (Å²) in [5, 5.41) is 3.45. The molecule has 128 valence electrons. The molecule has 0 radical (unpaired) electrons. The highest BCUT2D eigenvalue weighted by Gasteiger charge is 2.13. The van der Waals surface area contributed by atoms with Crippen molar-refractivity contribution in [3.8, 4) is 0 Å². The number of morpholine rings is 1. The molecule has 1 aromatic carbocycles. The van der Waals surface area contributed by atoms with E-state index in [1.165, 1.54) is 11.3 Å². The van der Waals surface area contributed by atoms with Gasteiger partial charge in [-0.2, -0.15) is 0 Å². The van der Waals surface area contributed by atoms with Crippen LogP contribution in [-0.4, -0.2) is 50.4 Å². The van der Waals surface area contributed by atoms with Gasteiger partial charge in [-0.3, -0.25) is 0 Å². The van der Waals surface area contributed by atoms with E-state index >= 15 is 0 Å². The van der Waals surface area contributed by atoms with Crippen LogP contribution in [-0.2, 0) is 17.8 Å². The molecule has 0 aliphatic carbocycles. The SMILES string of the molecule is CN(C)c1cccc(CNCc2cnc(N3CCOCC3)nc2)c1. The van der Waals surface area contributed by atoms with E-state index in [9.17, 15) is 0 Å². The van der Waals surface area contributed by atoms with Crippen molar-refractivity contribution in [1.82, 2.24) is 15.3 Å². The highest BCUT2D eigenvalue weighted by atomic mass is 16.5. The van der Waals surface area contributed by atoms with Gasteiger partial charge in [-0.05, 0) is 17.7 Å². The van der Waals surface area contributed by atoms with E-state index in [2.05, 4.69) is 63.4 Å². The van der Waals surface area contributed by atoms with Crippen molar-refractivity contribution in [1.29, 1.82) is 0 Å². The van der Waals surface area contributed by atoms with Crippen molar-refractivity contribution in [2.45, 2.75) is 13.1 Å². The van der Waals surface area contributed by atoms with Crippen LogP contribution in [0.3, 0.4) is 0 Å². The Morgan fingerprint density at radius 3 is 2.50 bits per heavy atom. The molecule has 1 aliphatic heterocycles. The van der Waals surface area contributed by atoms with Crippen molar-refractivity contribution < 1.29 is 4.74 Å². The van der Waals surface area contributed by atoms with Gasteiger partial charge in [-0.1, -0.05) is 12.1 Å². The van der Waals surface area contributed by atoms with E-state index in [1.54, 1.807) is 0 Å². The quantitative estimate of drug-likeness (QED) is 0.871. The molecule has 24 heavy (non-hydrogen) atoms. The summed E-state index contributed by atoms with van der Waals surface area (Å²) in [6.07, 6.45) is 3.81. The molecule has 2 heterocycles. The maximum atomic E-state index is 5.35. The normalized spacial score (nSPS) is 14.7. The van der Waals surface area contributed by atoms with Crippen LogP contribution in [0.25, 0.3) is 0 Å². The van der Waals surface area contributed by atoms with Gasteiger partial charge in [0, 0.05) is 63.9 Å². The molecule has 6 nitrogen and oxygen atoms in total. The van der Waals surface area contributed by atoms with Crippen molar-refractivity contribution >= 4 is 11.6 Å². The third-order valence-corrected chi connectivity index (χ3v) is 4.07. The minimum Gasteiger partial charge on any atom is -0.378 e. The molecule has 0 bridgehead atoms. The van der Waals surface area contributed by atoms with Crippen LogP contribution in [0, 0.1) is 0 Å². The fourth-order valence-electron chi connectivity index (χ4n) is 2.66. The molecule has 0 amide bonds. The Hall–Kier alpha value is -2.18. The third-order valence-electron chi connectivity index (χ3n) is 4.07. The summed E-state index contributed by atoms with van der Waals surface area (Å²) in [6, 6.07) is 8.54. The summed E-state index contributed by atoms with van der Waals surface area (Å²) in [4.78, 5) is 13.2. The van der Waals surface area contributed by atoms with Crippen LogP contribution < -0.4 is 15.1 Å². The molecular weight excluding hydrogens is 302 g/mol. The topological polar surface area (TPSA) is 53.5 Å². The summed E-state index contributed by atoms with van der Waals surface area (Å²) < 4.78 is 5.35. The predicted octanol–water partition coefficient (Wildman–Crippen LogP) is 1.67. The van der Waals surface area contributed by atoms with Crippen LogP contribution in [0.5, 0.6) is 0 Å². The molecular formula is C18H25N5O. The first-order valence-corrected chi connectivity index (χ1v) is 8.33. The summed E-state index contributed by atoms with van der Waals surface area (Å²) in [5.74, 6) is 0.792. The largest absolute Gasteiger partial charge is 0.378 e. The Kier molecular flexibility index (Phi) is 5.61. The van der Waals surface area contributed by atoms with E-state index in [0.717, 1.165) is 50.9 Å². The second kappa shape index (κ2) is 8.08. The van der Waals surface area contributed by atoms with Gasteiger partial charge >= 0.3 is 0 Å². The highest BCUT2D eigenvalue weighted by Crippen LogP contribution is 2.13. The molecule has 0 saturated carbocycles. The minimum absolute atomic E-state index is 0.749. The number of aromatic nitrogens is 2. The lowest BCUT2D eigenvalue weighted by Gasteiger charge is -2.26. The number of nitrogens with one attached hydrogen (secondary N) is 1. The summed E-state index contributed by atoms with van der Waals surface area (Å²) in [5.41, 5.74) is 3.58. The number of benzene rings is 1. The number of nitrogens with zero attached hydrogens (tertiary/aromatic N) is 4. The van der Waals surface area contributed by atoms with Crippen LogP contribution in [0.2, 0.25) is 0 Å². The Morgan fingerprint density at radius 1 is 1.08 bits per heavy atom. The third kappa shape index (κ3) is 4.43. The molecule has 1 saturated heterocycles. The molecule has 1 aliphatic rings. The molecule has 2 aromatic rings. The Morgan fingerprint density at radius 2 is 1.79 bits per heavy atom. The monoisotopic (exact) mass is 327 g/mol. The molecule has 0 spiro atoms. The number of ether oxygens (including phenoxy) is 1. The Balaban J connectivity index is 1.50. The van der Waals surface area contributed by atoms with E-state index in [-0.39, 0.29) is 0 Å². The lowest BCUT2D eigenvalue weighted by atomic mass is 10.2. The fraction of sp³-hybridized carbons (Fsp3) is 0.444. The molecule has 0 unspecified atom stereocenters. The zero-order valence-corrected chi connectivity index (χ0v) is 14.4. The van der Waals surface area contributed by atoms with Gasteiger partial charge in [0.25, 0.3) is 0 Å². The molecule has 1 fully saturated rings. The summed E-state index contributed by atoms with van der Waals surface area (Å²) in [6.45, 7) is 4.81. The van der Waals surface area contributed by atoms with Gasteiger partial charge < -0.3 is 19.9 Å². The van der Waals surface area contributed by atoms with Crippen molar-refractivity contribution in [2.75, 3.05) is 50.2 Å². The van der Waals surface area contributed by atoms with Gasteiger partial charge in [0.1, 0.15) is 0 Å². The van der Waals surface area contributed by atoms with Gasteiger partial charge in [0.2, 0.25) is 5.95 Å². The molecule has 3 rings (SSSR count). The smallest absolute Gasteiger partial charge is 0.225 e. The highest BCUT2D eigenvalue weighted by molar-refractivity contribution is 5.47. The molecule has 1 aromatic heterocycles. The van der Waals surface area contributed by atoms with Crippen LogP contribution in [0.15, 0.2) is 36.7 Å². The summed E-state index contributed by atoms with van der Waals surface area (Å²) >= 11 is 0. The van der Waals surface area contributed by atoms with E-state index in [0.29, 0.717) is 0 Å². The van der Waals surface area contributed by atoms with Gasteiger partial charge in [-0.25, -0.2) is 9.97 Å². The Labute approximate surface area is 143 Å². The molecule has 6 heteroatoms. The van der Waals surface area contributed by atoms with E-state index in [1.807, 2.05) is 12.4 Å². The number of hydrogen-bond acceptors (Lipinski definition) is 6. The van der Waals surface area contributed by atoms with Gasteiger partial charge in [0.05, 0.1) is 13.2 Å². The molecule has 0 atom stereocenters. The standard InChI is InChI=1S/C18H25N5O/c1-22(2)17-5-3-4-15(10-17)11-19-12-16-13-20-18(21-14-16)23-6-8-24-9-7-23/h3-5,10,13-14,19H,6-9,11-12H2,1-2H3. The first kappa shape index (κ1) is 16.7. The van der Waals surface area contributed by atoms with Gasteiger partial charge in [-0.15, -0.1) is 0 Å². The number of anilines is 2. The van der Waals surface area contributed by atoms with Crippen molar-refractivity contribution in [2.24, 2.45) is 0 Å². The van der Waals surface area contributed by atoms with Crippen molar-refractivity contribution in [3.05, 3.63) is 47.8 Å². The maximum Gasteiger partial charge on any atom is 0.225 e. The zero-order chi connectivity index (χ0) is 16.8. The number of hydrogen-bond donors (Lipinski definition) is 1. The number of rotatable bonds is 6. The van der Waals surface area contributed by atoms with Crippen molar-refractivity contribution in [3.63, 3.8) is 0 Å². The minimum atomic E-state index is 0.749. The first-order chi connectivity index (χ1) is 11.7. The van der Waals surface area contributed by atoms with Gasteiger partial charge in [0.15, 0.2) is 0 Å². The fourth-order valence-corrected chi connectivity index (χ4v) is 2.66. The predicted molar refractivity (Wildman–Crippen MR) is 96.4 cm³/mol. The van der Waals surface area contributed by atoms with Crippen LogP contribution in [0.4, 0.5) is 11.6 Å². The lowest BCUT2D eigenvalue weighted by Crippen LogP contribution is -2.37. The average Bonchev–Trinajstić information content (AvgIpc) is 2.63. The van der Waals surface area contributed by atoms with E-state index < -0.39 is 0 Å². The zero-order valence-electron chi connectivity index (χ0n) is 14.4. The summed E-state index contributed by atoms with van der Waals surface area (Å²) in [7, 11) is 4.11. The molecule has 1 N–H and O–H groups in total.